The molecule has 5 nitrogen and oxygen atoms in total. The van der Waals surface area contributed by atoms with Crippen molar-refractivity contribution >= 4 is 5.91 Å². The molecule has 2 aliphatic rings. The second-order valence-electron chi connectivity index (χ2n) is 10.3. The summed E-state index contributed by atoms with van der Waals surface area (Å²) in [6, 6.07) is 21.3. The molecule has 1 saturated carbocycles. The first kappa shape index (κ1) is 23.6. The number of hydrogen-bond acceptors (Lipinski definition) is 3. The Kier molecular flexibility index (Phi) is 6.87. The maximum absolute atomic E-state index is 14.0. The number of piperidine rings is 1. The normalized spacial score (nSPS) is 19.9. The van der Waals surface area contributed by atoms with E-state index in [2.05, 4.69) is 59.6 Å². The molecule has 5 rings (SSSR count). The zero-order valence-electron chi connectivity index (χ0n) is 20.7. The van der Waals surface area contributed by atoms with Gasteiger partial charge in [0.15, 0.2) is 0 Å². The predicted octanol–water partition coefficient (Wildman–Crippen LogP) is 4.17. The lowest BCUT2D eigenvalue weighted by Crippen LogP contribution is -2.47. The number of benzene rings is 2. The molecule has 3 aromatic rings. The summed E-state index contributed by atoms with van der Waals surface area (Å²) in [7, 11) is 1.76. The summed E-state index contributed by atoms with van der Waals surface area (Å²) in [4.78, 5) is 28.4. The number of carbonyl (C=O) groups is 1. The first-order valence-electron chi connectivity index (χ1n) is 12.8. The van der Waals surface area contributed by atoms with E-state index >= 15 is 0 Å². The molecular formula is C30H35N3O2. The van der Waals surface area contributed by atoms with E-state index in [1.54, 1.807) is 17.7 Å². The smallest absolute Gasteiger partial charge is 0.250 e. The molecule has 2 aromatic carbocycles. The molecule has 2 atom stereocenters. The summed E-state index contributed by atoms with van der Waals surface area (Å²) in [5.74, 6) is 0.145. The third kappa shape index (κ3) is 5.57. The van der Waals surface area contributed by atoms with Gasteiger partial charge in [-0.25, -0.2) is 0 Å². The largest absolute Gasteiger partial charge is 0.335 e. The van der Waals surface area contributed by atoms with Crippen LogP contribution in [0.3, 0.4) is 0 Å². The van der Waals surface area contributed by atoms with Crippen molar-refractivity contribution in [2.24, 2.45) is 13.0 Å². The van der Waals surface area contributed by atoms with Crippen molar-refractivity contribution in [2.75, 3.05) is 13.1 Å². The van der Waals surface area contributed by atoms with Crippen LogP contribution in [0.25, 0.3) is 0 Å². The number of aromatic nitrogens is 1. The molecule has 1 unspecified atom stereocenters. The second-order valence-corrected chi connectivity index (χ2v) is 10.3. The van der Waals surface area contributed by atoms with Crippen LogP contribution in [0.5, 0.6) is 0 Å². The van der Waals surface area contributed by atoms with Gasteiger partial charge < -0.3 is 14.8 Å². The highest BCUT2D eigenvalue weighted by Crippen LogP contribution is 2.36. The van der Waals surface area contributed by atoms with Crippen LogP contribution in [0.1, 0.15) is 53.0 Å². The first-order chi connectivity index (χ1) is 17.0. The highest BCUT2D eigenvalue weighted by molar-refractivity contribution is 5.81. The van der Waals surface area contributed by atoms with E-state index in [-0.39, 0.29) is 23.3 Å². The van der Waals surface area contributed by atoms with Crippen molar-refractivity contribution < 1.29 is 4.79 Å². The number of amides is 1. The number of hydrogen-bond donors (Lipinski definition) is 1. The molecule has 1 N–H and O–H groups in total. The maximum atomic E-state index is 14.0. The minimum atomic E-state index is -0.148. The van der Waals surface area contributed by atoms with Crippen LogP contribution in [0.4, 0.5) is 0 Å². The Hall–Kier alpha value is -3.18. The summed E-state index contributed by atoms with van der Waals surface area (Å²) in [6.45, 7) is 4.31. The molecule has 1 amide bonds. The summed E-state index contributed by atoms with van der Waals surface area (Å²) >= 11 is 0. The van der Waals surface area contributed by atoms with Crippen LogP contribution in [-0.4, -0.2) is 34.5 Å². The van der Waals surface area contributed by atoms with Gasteiger partial charge in [0.05, 0.1) is 5.92 Å². The monoisotopic (exact) mass is 469 g/mol. The topological polar surface area (TPSA) is 54.3 Å². The molecule has 2 fully saturated rings. The van der Waals surface area contributed by atoms with Gasteiger partial charge in [-0.05, 0) is 73.4 Å². The van der Waals surface area contributed by atoms with E-state index in [0.29, 0.717) is 19.1 Å². The molecule has 2 heterocycles. The van der Waals surface area contributed by atoms with Gasteiger partial charge in [0, 0.05) is 38.4 Å². The van der Waals surface area contributed by atoms with Gasteiger partial charge in [-0.1, -0.05) is 54.1 Å². The third-order valence-corrected chi connectivity index (χ3v) is 7.43. The van der Waals surface area contributed by atoms with E-state index in [1.807, 2.05) is 18.3 Å². The number of nitrogens with zero attached hydrogens (tertiary/aromatic N) is 2. The van der Waals surface area contributed by atoms with Crippen molar-refractivity contribution in [1.82, 2.24) is 14.8 Å². The number of pyridine rings is 1. The molecular weight excluding hydrogens is 434 g/mol. The standard InChI is InChI=1S/C30H35N3O2/c1-21-14-23(16-22-6-4-3-5-7-22)17-24(15-21)20-33(26-8-9-26)30(35)28-19-31-12-10-27(28)25-11-13-32(2)29(34)18-25/h3-7,11,13-15,17-18,26-28,31H,8-10,12,16,19-20H2,1-2H3/t27-,28?/m1/s1. The average molecular weight is 470 g/mol. The molecule has 0 bridgehead atoms. The van der Waals surface area contributed by atoms with E-state index < -0.39 is 0 Å². The Morgan fingerprint density at radius 2 is 1.77 bits per heavy atom. The Labute approximate surface area is 207 Å². The van der Waals surface area contributed by atoms with Gasteiger partial charge in [0.25, 0.3) is 5.56 Å². The Balaban J connectivity index is 1.38. The van der Waals surface area contributed by atoms with E-state index in [9.17, 15) is 9.59 Å². The minimum absolute atomic E-state index is 0.0167. The van der Waals surface area contributed by atoms with E-state index in [1.165, 1.54) is 22.3 Å². The molecule has 5 heteroatoms. The molecule has 0 radical (unpaired) electrons. The first-order valence-corrected chi connectivity index (χ1v) is 12.8. The van der Waals surface area contributed by atoms with Crippen LogP contribution in [0, 0.1) is 12.8 Å². The average Bonchev–Trinajstić information content (AvgIpc) is 3.70. The highest BCUT2D eigenvalue weighted by Gasteiger charge is 2.40. The third-order valence-electron chi connectivity index (χ3n) is 7.43. The van der Waals surface area contributed by atoms with Gasteiger partial charge in [-0.3, -0.25) is 9.59 Å². The van der Waals surface area contributed by atoms with Gasteiger partial charge in [-0.2, -0.15) is 0 Å². The zero-order valence-corrected chi connectivity index (χ0v) is 20.7. The summed E-state index contributed by atoms with van der Waals surface area (Å²) in [5.41, 5.74) is 5.98. The van der Waals surface area contributed by atoms with Gasteiger partial charge in [0.1, 0.15) is 0 Å². The van der Waals surface area contributed by atoms with Crippen LogP contribution in [-0.2, 0) is 24.8 Å². The van der Waals surface area contributed by atoms with Crippen molar-refractivity contribution in [3.8, 4) is 0 Å². The van der Waals surface area contributed by atoms with Crippen molar-refractivity contribution in [3.05, 3.63) is 105 Å². The number of nitrogens with one attached hydrogen (secondary N) is 1. The molecule has 1 aliphatic heterocycles. The quantitative estimate of drug-likeness (QED) is 0.565. The molecule has 182 valence electrons. The Morgan fingerprint density at radius 1 is 1.00 bits per heavy atom. The Bertz CT molecular complexity index is 1250. The zero-order chi connectivity index (χ0) is 24.4. The predicted molar refractivity (Wildman–Crippen MR) is 139 cm³/mol. The number of aryl methyl sites for hydroxylation is 2. The van der Waals surface area contributed by atoms with Crippen LogP contribution < -0.4 is 10.9 Å². The highest BCUT2D eigenvalue weighted by atomic mass is 16.2. The molecule has 1 aromatic heterocycles. The fourth-order valence-corrected chi connectivity index (χ4v) is 5.47. The van der Waals surface area contributed by atoms with Gasteiger partial charge in [0.2, 0.25) is 5.91 Å². The fraction of sp³-hybridized carbons (Fsp3) is 0.400. The SMILES string of the molecule is Cc1cc(Cc2ccccc2)cc(CN(C(=O)C2CNCC[C@@H]2c2ccn(C)c(=O)c2)C2CC2)c1. The van der Waals surface area contributed by atoms with Gasteiger partial charge >= 0.3 is 0 Å². The maximum Gasteiger partial charge on any atom is 0.250 e. The molecule has 35 heavy (non-hydrogen) atoms. The minimum Gasteiger partial charge on any atom is -0.335 e. The van der Waals surface area contributed by atoms with Crippen molar-refractivity contribution in [2.45, 2.75) is 51.1 Å². The molecule has 0 spiro atoms. The fourth-order valence-electron chi connectivity index (χ4n) is 5.47. The van der Waals surface area contributed by atoms with Crippen molar-refractivity contribution in [1.29, 1.82) is 0 Å². The molecule has 1 saturated heterocycles. The number of carbonyl (C=O) groups excluding carboxylic acids is 1. The lowest BCUT2D eigenvalue weighted by atomic mass is 9.80. The van der Waals surface area contributed by atoms with E-state index in [4.69, 9.17) is 0 Å². The summed E-state index contributed by atoms with van der Waals surface area (Å²) in [6.07, 6.45) is 5.73. The second kappa shape index (κ2) is 10.2. The number of rotatable bonds is 7. The molecule has 1 aliphatic carbocycles. The van der Waals surface area contributed by atoms with E-state index in [0.717, 1.165) is 37.8 Å². The van der Waals surface area contributed by atoms with Gasteiger partial charge in [-0.15, -0.1) is 0 Å². The summed E-state index contributed by atoms with van der Waals surface area (Å²) < 4.78 is 1.59. The summed E-state index contributed by atoms with van der Waals surface area (Å²) in [5, 5.41) is 3.43. The Morgan fingerprint density at radius 3 is 2.51 bits per heavy atom. The lowest BCUT2D eigenvalue weighted by Gasteiger charge is -2.36. The van der Waals surface area contributed by atoms with Crippen LogP contribution >= 0.6 is 0 Å². The van der Waals surface area contributed by atoms with Crippen LogP contribution in [0.15, 0.2) is 71.7 Å². The lowest BCUT2D eigenvalue weighted by molar-refractivity contribution is -0.138. The van der Waals surface area contributed by atoms with Crippen molar-refractivity contribution in [3.63, 3.8) is 0 Å². The van der Waals surface area contributed by atoms with Crippen LogP contribution in [0.2, 0.25) is 0 Å².